The van der Waals surface area contributed by atoms with Crippen LogP contribution in [0.1, 0.15) is 44.7 Å². The van der Waals surface area contributed by atoms with E-state index in [-0.39, 0.29) is 11.8 Å². The summed E-state index contributed by atoms with van der Waals surface area (Å²) in [5, 5.41) is 10.1. The van der Waals surface area contributed by atoms with Gasteiger partial charge >= 0.3 is 0 Å². The lowest BCUT2D eigenvalue weighted by atomic mass is 10.1. The Balaban J connectivity index is 1.52. The molecule has 0 fully saturated rings. The van der Waals surface area contributed by atoms with Gasteiger partial charge in [-0.05, 0) is 58.1 Å². The lowest BCUT2D eigenvalue weighted by Gasteiger charge is -2.14. The second-order valence-electron chi connectivity index (χ2n) is 8.62. The molecule has 0 aliphatic rings. The topological polar surface area (TPSA) is 106 Å². The summed E-state index contributed by atoms with van der Waals surface area (Å²) in [5.41, 5.74) is 3.82. The molecule has 0 saturated heterocycles. The zero-order valence-corrected chi connectivity index (χ0v) is 21.2. The highest BCUT2D eigenvalue weighted by molar-refractivity contribution is 5.92. The van der Waals surface area contributed by atoms with Crippen LogP contribution in [0.25, 0.3) is 0 Å². The molecule has 10 heteroatoms. The lowest BCUT2D eigenvalue weighted by Crippen LogP contribution is -2.31. The maximum atomic E-state index is 12.4. The van der Waals surface area contributed by atoms with Crippen molar-refractivity contribution in [1.82, 2.24) is 34.9 Å². The summed E-state index contributed by atoms with van der Waals surface area (Å²) >= 11 is 0. The fraction of sp³-hybridized carbons (Fsp3) is 0.440. The van der Waals surface area contributed by atoms with E-state index in [1.807, 2.05) is 62.5 Å². The smallest absolute Gasteiger partial charge is 0.271 e. The third-order valence-electron chi connectivity index (χ3n) is 5.54. The highest BCUT2D eigenvalue weighted by atomic mass is 16.5. The number of nitrogens with zero attached hydrogens (tertiary/aromatic N) is 5. The number of likely N-dealkylation sites (N-methyl/N-ethyl adjacent to an activating group) is 1. The molecule has 3 rings (SSSR count). The average molecular weight is 482 g/mol. The largest absolute Gasteiger partial charge is 0.491 e. The maximum Gasteiger partial charge on any atom is 0.271 e. The normalized spacial score (nSPS) is 11.0. The number of amides is 2. The van der Waals surface area contributed by atoms with Gasteiger partial charge < -0.3 is 24.8 Å². The number of aryl methyl sites for hydroxylation is 2. The van der Waals surface area contributed by atoms with Crippen molar-refractivity contribution in [2.45, 2.75) is 33.9 Å². The Morgan fingerprint density at radius 1 is 1.11 bits per heavy atom. The van der Waals surface area contributed by atoms with Gasteiger partial charge in [-0.1, -0.05) is 12.1 Å². The number of rotatable bonds is 12. The predicted octanol–water partition coefficient (Wildman–Crippen LogP) is 1.86. The molecule has 0 unspecified atom stereocenters. The van der Waals surface area contributed by atoms with Crippen LogP contribution in [-0.4, -0.2) is 76.4 Å². The molecule has 0 radical (unpaired) electrons. The minimum Gasteiger partial charge on any atom is -0.491 e. The SMILES string of the molecule is CCn1nc(C)cc1C(=O)NCCOc1cccc(Cn2cnc(C(=O)NCCN(C)C)c2)c1C. The molecule has 2 heterocycles. The molecule has 1 aromatic carbocycles. The van der Waals surface area contributed by atoms with Gasteiger partial charge in [-0.25, -0.2) is 4.98 Å². The van der Waals surface area contributed by atoms with Crippen molar-refractivity contribution in [3.63, 3.8) is 0 Å². The van der Waals surface area contributed by atoms with Crippen molar-refractivity contribution in [2.24, 2.45) is 0 Å². The van der Waals surface area contributed by atoms with Gasteiger partial charge in [0, 0.05) is 32.4 Å². The summed E-state index contributed by atoms with van der Waals surface area (Å²) in [6.07, 6.45) is 3.41. The van der Waals surface area contributed by atoms with E-state index in [2.05, 4.69) is 20.7 Å². The van der Waals surface area contributed by atoms with Crippen LogP contribution in [0, 0.1) is 13.8 Å². The highest BCUT2D eigenvalue weighted by Crippen LogP contribution is 2.22. The summed E-state index contributed by atoms with van der Waals surface area (Å²) in [4.78, 5) is 31.0. The van der Waals surface area contributed by atoms with Gasteiger partial charge in [0.15, 0.2) is 0 Å². The van der Waals surface area contributed by atoms with Crippen LogP contribution in [0.3, 0.4) is 0 Å². The van der Waals surface area contributed by atoms with Crippen LogP contribution in [-0.2, 0) is 13.1 Å². The Morgan fingerprint density at radius 3 is 2.63 bits per heavy atom. The first-order valence-corrected chi connectivity index (χ1v) is 11.8. The molecule has 0 aliphatic carbocycles. The molecule has 0 spiro atoms. The Hall–Kier alpha value is -3.66. The molecule has 0 saturated carbocycles. The number of hydrogen-bond acceptors (Lipinski definition) is 6. The Bertz CT molecular complexity index is 1150. The van der Waals surface area contributed by atoms with Crippen molar-refractivity contribution in [2.75, 3.05) is 40.3 Å². The van der Waals surface area contributed by atoms with E-state index < -0.39 is 0 Å². The van der Waals surface area contributed by atoms with Crippen LogP contribution in [0.5, 0.6) is 5.75 Å². The van der Waals surface area contributed by atoms with Crippen LogP contribution < -0.4 is 15.4 Å². The van der Waals surface area contributed by atoms with Crippen LogP contribution in [0.15, 0.2) is 36.8 Å². The first kappa shape index (κ1) is 26.0. The fourth-order valence-electron chi connectivity index (χ4n) is 3.62. The second-order valence-corrected chi connectivity index (χ2v) is 8.62. The molecule has 188 valence electrons. The number of ether oxygens (including phenoxy) is 1. The molecule has 0 bridgehead atoms. The summed E-state index contributed by atoms with van der Waals surface area (Å²) in [5.74, 6) is 0.412. The average Bonchev–Trinajstić information content (AvgIpc) is 3.44. The van der Waals surface area contributed by atoms with Gasteiger partial charge in [0.1, 0.15) is 23.7 Å². The third kappa shape index (κ3) is 7.16. The van der Waals surface area contributed by atoms with Crippen LogP contribution >= 0.6 is 0 Å². The van der Waals surface area contributed by atoms with Crippen molar-refractivity contribution in [1.29, 1.82) is 0 Å². The molecule has 3 aromatic rings. The van der Waals surface area contributed by atoms with Gasteiger partial charge in [0.25, 0.3) is 11.8 Å². The number of hydrogen-bond donors (Lipinski definition) is 2. The minimum absolute atomic E-state index is 0.164. The zero-order chi connectivity index (χ0) is 25.4. The van der Waals surface area contributed by atoms with E-state index in [4.69, 9.17) is 4.74 Å². The van der Waals surface area contributed by atoms with Crippen molar-refractivity contribution in [3.05, 3.63) is 65.0 Å². The molecule has 0 atom stereocenters. The molecular weight excluding hydrogens is 446 g/mol. The molecule has 2 N–H and O–H groups in total. The monoisotopic (exact) mass is 481 g/mol. The molecule has 2 aromatic heterocycles. The first-order chi connectivity index (χ1) is 16.8. The Labute approximate surface area is 206 Å². The van der Waals surface area contributed by atoms with E-state index in [0.717, 1.165) is 29.1 Å². The van der Waals surface area contributed by atoms with Crippen LogP contribution in [0.2, 0.25) is 0 Å². The summed E-state index contributed by atoms with van der Waals surface area (Å²) < 4.78 is 9.51. The third-order valence-corrected chi connectivity index (χ3v) is 5.54. The Kier molecular flexibility index (Phi) is 9.02. The lowest BCUT2D eigenvalue weighted by molar-refractivity contribution is 0.0932. The zero-order valence-electron chi connectivity index (χ0n) is 21.2. The van der Waals surface area contributed by atoms with Gasteiger partial charge in [-0.2, -0.15) is 5.10 Å². The van der Waals surface area contributed by atoms with Crippen molar-refractivity contribution < 1.29 is 14.3 Å². The minimum atomic E-state index is -0.182. The number of nitrogens with one attached hydrogen (secondary N) is 2. The molecule has 2 amide bonds. The van der Waals surface area contributed by atoms with E-state index in [0.29, 0.717) is 44.2 Å². The molecule has 35 heavy (non-hydrogen) atoms. The van der Waals surface area contributed by atoms with Gasteiger partial charge in [-0.3, -0.25) is 14.3 Å². The molecule has 0 aliphatic heterocycles. The number of carbonyl (C=O) groups is 2. The quantitative estimate of drug-likeness (QED) is 0.383. The maximum absolute atomic E-state index is 12.4. The first-order valence-electron chi connectivity index (χ1n) is 11.8. The van der Waals surface area contributed by atoms with Gasteiger partial charge in [0.2, 0.25) is 0 Å². The van der Waals surface area contributed by atoms with Gasteiger partial charge in [0.05, 0.1) is 18.6 Å². The number of imidazole rings is 1. The fourth-order valence-corrected chi connectivity index (χ4v) is 3.62. The molecule has 10 nitrogen and oxygen atoms in total. The van der Waals surface area contributed by atoms with Crippen LogP contribution in [0.4, 0.5) is 0 Å². The predicted molar refractivity (Wildman–Crippen MR) is 134 cm³/mol. The number of aromatic nitrogens is 4. The number of benzene rings is 1. The van der Waals surface area contributed by atoms with E-state index in [1.54, 1.807) is 23.3 Å². The molecular formula is C25H35N7O3. The summed E-state index contributed by atoms with van der Waals surface area (Å²) in [6.45, 7) is 9.09. The second kappa shape index (κ2) is 12.2. The highest BCUT2D eigenvalue weighted by Gasteiger charge is 2.13. The van der Waals surface area contributed by atoms with E-state index in [9.17, 15) is 9.59 Å². The summed E-state index contributed by atoms with van der Waals surface area (Å²) in [7, 11) is 3.92. The van der Waals surface area contributed by atoms with Crippen molar-refractivity contribution >= 4 is 11.8 Å². The Morgan fingerprint density at radius 2 is 1.89 bits per heavy atom. The summed E-state index contributed by atoms with van der Waals surface area (Å²) in [6, 6.07) is 7.65. The standard InChI is InChI=1S/C25H35N7O3/c1-6-32-22(14-18(2)29-32)25(34)27-11-13-35-23-9-7-8-20(19(23)3)15-31-16-21(28-17-31)24(33)26-10-12-30(4)5/h7-9,14,16-17H,6,10-13,15H2,1-5H3,(H,26,33)(H,27,34). The van der Waals surface area contributed by atoms with E-state index in [1.165, 1.54) is 0 Å². The van der Waals surface area contributed by atoms with Gasteiger partial charge in [-0.15, -0.1) is 0 Å². The van der Waals surface area contributed by atoms with Crippen molar-refractivity contribution in [3.8, 4) is 5.75 Å². The van der Waals surface area contributed by atoms with E-state index >= 15 is 0 Å². The number of carbonyl (C=O) groups excluding carboxylic acids is 2.